The van der Waals surface area contributed by atoms with Crippen molar-refractivity contribution in [2.24, 2.45) is 0 Å². The number of thiophene rings is 1. The maximum absolute atomic E-state index is 13.5. The second kappa shape index (κ2) is 8.26. The monoisotopic (exact) mass is 496 g/mol. The lowest BCUT2D eigenvalue weighted by atomic mass is 10.1. The van der Waals surface area contributed by atoms with Crippen LogP contribution in [-0.2, 0) is 21.2 Å². The number of aromatic nitrogens is 3. The molecule has 0 amide bonds. The highest BCUT2D eigenvalue weighted by atomic mass is 32.2. The number of carbonyl (C=O) groups excluding carboxylic acids is 1. The fraction of sp³-hybridized carbons (Fsp3) is 0.174. The molecule has 1 aliphatic rings. The summed E-state index contributed by atoms with van der Waals surface area (Å²) in [5.41, 5.74) is 2.68. The summed E-state index contributed by atoms with van der Waals surface area (Å²) in [4.78, 5) is 17.0. The zero-order valence-electron chi connectivity index (χ0n) is 18.3. The number of esters is 1. The molecule has 0 spiro atoms. The standard InChI is InChI=1S/C23H20N4O5S2/c1-14-5-7-15(8-6-14)34(30,31)26-12-9-17-19(16-4-3-11-24-21(16)26)25-27(22(17)28)18-10-13-33-20(18)23(29)32-2/h3-8,10-11,13,28H,9,12H2,1-2H3. The highest BCUT2D eigenvalue weighted by molar-refractivity contribution is 7.92. The van der Waals surface area contributed by atoms with Crippen LogP contribution in [0.5, 0.6) is 5.88 Å². The molecular weight excluding hydrogens is 476 g/mol. The molecule has 0 saturated heterocycles. The van der Waals surface area contributed by atoms with Crippen LogP contribution in [0.25, 0.3) is 16.9 Å². The van der Waals surface area contributed by atoms with E-state index in [-0.39, 0.29) is 29.6 Å². The number of pyridine rings is 1. The first-order valence-electron chi connectivity index (χ1n) is 10.3. The van der Waals surface area contributed by atoms with Gasteiger partial charge in [-0.15, -0.1) is 11.3 Å². The first-order chi connectivity index (χ1) is 16.3. The van der Waals surface area contributed by atoms with Crippen LogP contribution in [0, 0.1) is 6.92 Å². The van der Waals surface area contributed by atoms with Gasteiger partial charge in [0.05, 0.1) is 17.7 Å². The van der Waals surface area contributed by atoms with E-state index < -0.39 is 16.0 Å². The largest absolute Gasteiger partial charge is 0.493 e. The van der Waals surface area contributed by atoms with Gasteiger partial charge in [-0.05, 0) is 49.1 Å². The topological polar surface area (TPSA) is 115 Å². The fourth-order valence-electron chi connectivity index (χ4n) is 3.94. The van der Waals surface area contributed by atoms with Crippen molar-refractivity contribution in [2.45, 2.75) is 18.2 Å². The molecule has 5 rings (SSSR count). The van der Waals surface area contributed by atoms with Crippen molar-refractivity contribution in [3.05, 3.63) is 70.0 Å². The summed E-state index contributed by atoms with van der Waals surface area (Å²) in [6.07, 6.45) is 1.72. The Labute approximate surface area is 199 Å². The lowest BCUT2D eigenvalue weighted by Crippen LogP contribution is -2.33. The zero-order chi connectivity index (χ0) is 24.0. The van der Waals surface area contributed by atoms with Gasteiger partial charge in [0, 0.05) is 23.9 Å². The van der Waals surface area contributed by atoms with E-state index in [1.165, 1.54) is 33.6 Å². The van der Waals surface area contributed by atoms with Gasteiger partial charge in [0.15, 0.2) is 5.82 Å². The van der Waals surface area contributed by atoms with Crippen LogP contribution in [0.3, 0.4) is 0 Å². The minimum absolute atomic E-state index is 0.0555. The lowest BCUT2D eigenvalue weighted by Gasteiger charge is -2.23. The predicted molar refractivity (Wildman–Crippen MR) is 127 cm³/mol. The molecule has 174 valence electrons. The summed E-state index contributed by atoms with van der Waals surface area (Å²) in [6, 6.07) is 11.7. The molecule has 0 atom stereocenters. The van der Waals surface area contributed by atoms with E-state index in [0.717, 1.165) is 5.56 Å². The Morgan fingerprint density at radius 1 is 1.18 bits per heavy atom. The molecule has 1 aliphatic heterocycles. The normalized spacial score (nSPS) is 13.2. The maximum atomic E-state index is 13.5. The Balaban J connectivity index is 1.65. The van der Waals surface area contributed by atoms with Gasteiger partial charge >= 0.3 is 5.97 Å². The number of aromatic hydroxyl groups is 1. The van der Waals surface area contributed by atoms with Gasteiger partial charge in [-0.2, -0.15) is 9.78 Å². The molecule has 1 aromatic carbocycles. The summed E-state index contributed by atoms with van der Waals surface area (Å²) in [6.45, 7) is 1.94. The number of anilines is 1. The van der Waals surface area contributed by atoms with Crippen molar-refractivity contribution in [2.75, 3.05) is 18.0 Å². The Morgan fingerprint density at radius 3 is 2.68 bits per heavy atom. The number of rotatable bonds is 4. The Hall–Kier alpha value is -3.70. The molecule has 0 bridgehead atoms. The minimum Gasteiger partial charge on any atom is -0.493 e. The van der Waals surface area contributed by atoms with Crippen LogP contribution in [0.15, 0.2) is 58.9 Å². The number of methoxy groups -OCH3 is 1. The van der Waals surface area contributed by atoms with Crippen molar-refractivity contribution < 1.29 is 23.1 Å². The van der Waals surface area contributed by atoms with Crippen LogP contribution < -0.4 is 4.31 Å². The van der Waals surface area contributed by atoms with E-state index in [4.69, 9.17) is 4.74 Å². The number of carbonyl (C=O) groups is 1. The van der Waals surface area contributed by atoms with Crippen LogP contribution in [0.2, 0.25) is 0 Å². The number of nitrogens with zero attached hydrogens (tertiary/aromatic N) is 4. The van der Waals surface area contributed by atoms with Crippen molar-refractivity contribution in [1.29, 1.82) is 0 Å². The smallest absolute Gasteiger partial charge is 0.350 e. The van der Waals surface area contributed by atoms with E-state index in [0.29, 0.717) is 27.4 Å². The summed E-state index contributed by atoms with van der Waals surface area (Å²) in [7, 11) is -2.62. The molecule has 4 heterocycles. The first-order valence-corrected chi connectivity index (χ1v) is 12.7. The molecule has 1 N–H and O–H groups in total. The fourth-order valence-corrected chi connectivity index (χ4v) is 6.17. The molecule has 0 aliphatic carbocycles. The zero-order valence-corrected chi connectivity index (χ0v) is 19.9. The van der Waals surface area contributed by atoms with Gasteiger partial charge in [0.2, 0.25) is 5.88 Å². The number of hydrogen-bond donors (Lipinski definition) is 1. The number of fused-ring (bicyclic) bond motifs is 3. The quantitative estimate of drug-likeness (QED) is 0.430. The Morgan fingerprint density at radius 2 is 1.94 bits per heavy atom. The molecule has 0 fully saturated rings. The number of aryl methyl sites for hydroxylation is 1. The van der Waals surface area contributed by atoms with Crippen LogP contribution >= 0.6 is 11.3 Å². The Bertz CT molecular complexity index is 1510. The van der Waals surface area contributed by atoms with E-state index >= 15 is 0 Å². The van der Waals surface area contributed by atoms with Crippen molar-refractivity contribution in [3.63, 3.8) is 0 Å². The summed E-state index contributed by atoms with van der Waals surface area (Å²) >= 11 is 1.18. The average Bonchev–Trinajstić information content (AvgIpc) is 3.39. The van der Waals surface area contributed by atoms with E-state index in [1.807, 2.05) is 6.92 Å². The number of sulfonamides is 1. The van der Waals surface area contributed by atoms with Crippen LogP contribution in [0.1, 0.15) is 20.8 Å². The summed E-state index contributed by atoms with van der Waals surface area (Å²) in [5, 5.41) is 17.4. The van der Waals surface area contributed by atoms with Gasteiger partial charge in [0.25, 0.3) is 10.0 Å². The third-order valence-corrected chi connectivity index (χ3v) is 8.34. The number of ether oxygens (including phenoxy) is 1. The number of benzene rings is 1. The molecule has 0 unspecified atom stereocenters. The van der Waals surface area contributed by atoms with Gasteiger partial charge in [-0.3, -0.25) is 0 Å². The summed E-state index contributed by atoms with van der Waals surface area (Å²) in [5.74, 6) is -0.472. The molecule has 0 saturated carbocycles. The van der Waals surface area contributed by atoms with E-state index in [1.54, 1.807) is 47.8 Å². The average molecular weight is 497 g/mol. The number of hydrogen-bond acceptors (Lipinski definition) is 8. The first kappa shape index (κ1) is 22.1. The molecule has 34 heavy (non-hydrogen) atoms. The highest BCUT2D eigenvalue weighted by Crippen LogP contribution is 2.41. The van der Waals surface area contributed by atoms with Gasteiger partial charge < -0.3 is 9.84 Å². The second-order valence-corrected chi connectivity index (χ2v) is 10.5. The molecule has 4 aromatic rings. The van der Waals surface area contributed by atoms with E-state index in [9.17, 15) is 18.3 Å². The molecule has 3 aromatic heterocycles. The molecule has 11 heteroatoms. The van der Waals surface area contributed by atoms with Gasteiger partial charge in [0.1, 0.15) is 10.6 Å². The van der Waals surface area contributed by atoms with E-state index in [2.05, 4.69) is 10.1 Å². The van der Waals surface area contributed by atoms with Crippen molar-refractivity contribution >= 4 is 33.1 Å². The van der Waals surface area contributed by atoms with Gasteiger partial charge in [-0.25, -0.2) is 22.5 Å². The predicted octanol–water partition coefficient (Wildman–Crippen LogP) is 3.55. The third kappa shape index (κ3) is 3.44. The molecule has 0 radical (unpaired) electrons. The lowest BCUT2D eigenvalue weighted by molar-refractivity contribution is 0.0606. The SMILES string of the molecule is COC(=O)c1sccc1-n1nc2c(c1O)CCN(S(=O)(=O)c1ccc(C)cc1)c1ncccc1-2. The highest BCUT2D eigenvalue weighted by Gasteiger charge is 2.34. The summed E-state index contributed by atoms with van der Waals surface area (Å²) < 4.78 is 34.4. The van der Waals surface area contributed by atoms with Crippen molar-refractivity contribution in [3.8, 4) is 22.8 Å². The van der Waals surface area contributed by atoms with Crippen LogP contribution in [0.4, 0.5) is 5.82 Å². The minimum atomic E-state index is -3.90. The maximum Gasteiger partial charge on any atom is 0.350 e. The third-order valence-electron chi connectivity index (χ3n) is 5.65. The molecule has 9 nitrogen and oxygen atoms in total. The molecular formula is C23H20N4O5S2. The van der Waals surface area contributed by atoms with Crippen LogP contribution in [-0.4, -0.2) is 47.9 Å². The second-order valence-electron chi connectivity index (χ2n) is 7.70. The Kier molecular flexibility index (Phi) is 5.37. The van der Waals surface area contributed by atoms with Gasteiger partial charge in [-0.1, -0.05) is 17.7 Å². The van der Waals surface area contributed by atoms with Crippen molar-refractivity contribution in [1.82, 2.24) is 14.8 Å².